The average Bonchev–Trinajstić information content (AvgIpc) is 2.95. The first kappa shape index (κ1) is 25.2. The van der Waals surface area contributed by atoms with Crippen molar-refractivity contribution in [2.75, 3.05) is 0 Å². The second-order valence-electron chi connectivity index (χ2n) is 11.1. The molecule has 0 aliphatic carbocycles. The minimum atomic E-state index is -0.939. The SMILES string of the molecule is CC(C)(O)C(C)(C)OBc1ccc2nc(-c3ccc(-c4cc5cccnc5c5ncccc45)cc3)ccc2c1. The minimum absolute atomic E-state index is 0.422. The molecule has 39 heavy (non-hydrogen) atoms. The summed E-state index contributed by atoms with van der Waals surface area (Å²) in [5.74, 6) is 0. The van der Waals surface area contributed by atoms with E-state index in [0.29, 0.717) is 7.48 Å². The van der Waals surface area contributed by atoms with Crippen molar-refractivity contribution in [2.45, 2.75) is 38.9 Å². The number of fused-ring (bicyclic) bond motifs is 4. The molecule has 0 radical (unpaired) electrons. The number of pyridine rings is 3. The van der Waals surface area contributed by atoms with Crippen molar-refractivity contribution in [3.05, 3.63) is 97.3 Å². The fraction of sp³-hybridized carbons (Fsp3) is 0.182. The van der Waals surface area contributed by atoms with Crippen LogP contribution in [0.15, 0.2) is 97.3 Å². The number of hydrogen-bond acceptors (Lipinski definition) is 5. The summed E-state index contributed by atoms with van der Waals surface area (Å²) in [4.78, 5) is 14.1. The summed E-state index contributed by atoms with van der Waals surface area (Å²) >= 11 is 0. The van der Waals surface area contributed by atoms with Gasteiger partial charge in [-0.15, -0.1) is 0 Å². The van der Waals surface area contributed by atoms with Gasteiger partial charge in [0.2, 0.25) is 0 Å². The summed E-state index contributed by atoms with van der Waals surface area (Å²) in [5.41, 5.74) is 6.46. The van der Waals surface area contributed by atoms with E-state index in [-0.39, 0.29) is 0 Å². The second kappa shape index (κ2) is 9.56. The third-order valence-electron chi connectivity index (χ3n) is 7.78. The molecule has 0 aliphatic heterocycles. The third-order valence-corrected chi connectivity index (χ3v) is 7.78. The lowest BCUT2D eigenvalue weighted by molar-refractivity contribution is -0.0893. The van der Waals surface area contributed by atoms with Gasteiger partial charge >= 0.3 is 7.48 Å². The van der Waals surface area contributed by atoms with Gasteiger partial charge in [0.15, 0.2) is 0 Å². The van der Waals surface area contributed by atoms with Crippen molar-refractivity contribution < 1.29 is 9.76 Å². The average molecular weight is 511 g/mol. The first-order valence-electron chi connectivity index (χ1n) is 13.2. The molecule has 3 aromatic heterocycles. The lowest BCUT2D eigenvalue weighted by Gasteiger charge is -2.37. The van der Waals surface area contributed by atoms with Crippen molar-refractivity contribution in [1.82, 2.24) is 15.0 Å². The predicted octanol–water partition coefficient (Wildman–Crippen LogP) is 6.21. The quantitative estimate of drug-likeness (QED) is 0.213. The number of hydrogen-bond donors (Lipinski definition) is 1. The summed E-state index contributed by atoms with van der Waals surface area (Å²) in [7, 11) is 0.422. The molecular formula is C33H30BN3O2. The molecule has 0 spiro atoms. The first-order chi connectivity index (χ1) is 18.7. The van der Waals surface area contributed by atoms with Crippen molar-refractivity contribution in [1.29, 1.82) is 0 Å². The molecule has 0 aliphatic rings. The number of aliphatic hydroxyl groups is 1. The van der Waals surface area contributed by atoms with Crippen LogP contribution in [0.3, 0.4) is 0 Å². The lowest BCUT2D eigenvalue weighted by Crippen LogP contribution is -2.49. The Kier molecular flexibility index (Phi) is 6.17. The van der Waals surface area contributed by atoms with E-state index in [1.54, 1.807) is 13.8 Å². The summed E-state index contributed by atoms with van der Waals surface area (Å²) in [6.07, 6.45) is 3.63. The van der Waals surface area contributed by atoms with E-state index in [4.69, 9.17) is 9.64 Å². The Morgan fingerprint density at radius 1 is 0.718 bits per heavy atom. The highest BCUT2D eigenvalue weighted by Gasteiger charge is 2.35. The highest BCUT2D eigenvalue weighted by atomic mass is 16.5. The molecule has 0 amide bonds. The third kappa shape index (κ3) is 4.78. The molecule has 0 saturated heterocycles. The molecule has 1 N–H and O–H groups in total. The second-order valence-corrected chi connectivity index (χ2v) is 11.1. The molecule has 0 fully saturated rings. The fourth-order valence-electron chi connectivity index (χ4n) is 4.70. The first-order valence-corrected chi connectivity index (χ1v) is 13.2. The fourth-order valence-corrected chi connectivity index (χ4v) is 4.70. The van der Waals surface area contributed by atoms with E-state index < -0.39 is 11.2 Å². The zero-order valence-corrected chi connectivity index (χ0v) is 22.6. The normalized spacial score (nSPS) is 12.3. The van der Waals surface area contributed by atoms with Crippen LogP contribution >= 0.6 is 0 Å². The summed E-state index contributed by atoms with van der Waals surface area (Å²) in [6.45, 7) is 7.35. The van der Waals surface area contributed by atoms with Crippen molar-refractivity contribution in [2.24, 2.45) is 0 Å². The smallest absolute Gasteiger partial charge is 0.309 e. The van der Waals surface area contributed by atoms with Gasteiger partial charge in [0.1, 0.15) is 0 Å². The van der Waals surface area contributed by atoms with E-state index in [0.717, 1.165) is 60.6 Å². The molecule has 6 rings (SSSR count). The van der Waals surface area contributed by atoms with E-state index >= 15 is 0 Å². The number of rotatable bonds is 6. The Hall–Kier alpha value is -4.13. The minimum Gasteiger partial charge on any atom is -0.427 e. The van der Waals surface area contributed by atoms with Gasteiger partial charge in [-0.3, -0.25) is 9.97 Å². The maximum absolute atomic E-state index is 10.4. The highest BCUT2D eigenvalue weighted by molar-refractivity contribution is 6.47. The summed E-state index contributed by atoms with van der Waals surface area (Å²) in [5, 5.41) is 13.6. The van der Waals surface area contributed by atoms with Crippen molar-refractivity contribution >= 4 is 45.7 Å². The van der Waals surface area contributed by atoms with E-state index in [1.807, 2.05) is 50.5 Å². The molecule has 0 saturated carbocycles. The van der Waals surface area contributed by atoms with Crippen LogP contribution in [0.25, 0.3) is 55.1 Å². The van der Waals surface area contributed by atoms with Crippen molar-refractivity contribution in [3.8, 4) is 22.4 Å². The van der Waals surface area contributed by atoms with Gasteiger partial charge in [-0.05, 0) is 74.5 Å². The van der Waals surface area contributed by atoms with Gasteiger partial charge in [0.05, 0.1) is 33.4 Å². The molecular weight excluding hydrogens is 481 g/mol. The monoisotopic (exact) mass is 511 g/mol. The van der Waals surface area contributed by atoms with Crippen LogP contribution in [0, 0.1) is 0 Å². The zero-order valence-electron chi connectivity index (χ0n) is 22.6. The molecule has 6 aromatic rings. The number of aromatic nitrogens is 3. The number of nitrogens with zero attached hydrogens (tertiary/aromatic N) is 3. The van der Waals surface area contributed by atoms with Crippen LogP contribution in [0.2, 0.25) is 0 Å². The number of benzene rings is 3. The predicted molar refractivity (Wildman–Crippen MR) is 161 cm³/mol. The maximum atomic E-state index is 10.4. The van der Waals surface area contributed by atoms with Gasteiger partial charge in [-0.2, -0.15) is 0 Å². The maximum Gasteiger partial charge on any atom is 0.309 e. The summed E-state index contributed by atoms with van der Waals surface area (Å²) < 4.78 is 6.04. The molecule has 3 heterocycles. The highest BCUT2D eigenvalue weighted by Crippen LogP contribution is 2.34. The molecule has 192 valence electrons. The van der Waals surface area contributed by atoms with Gasteiger partial charge in [-0.1, -0.05) is 60.1 Å². The Bertz CT molecular complexity index is 1830. The largest absolute Gasteiger partial charge is 0.427 e. The summed E-state index contributed by atoms with van der Waals surface area (Å²) in [6, 6.07) is 29.2. The van der Waals surface area contributed by atoms with E-state index in [1.165, 1.54) is 0 Å². The molecule has 0 unspecified atom stereocenters. The molecule has 6 heteroatoms. The van der Waals surface area contributed by atoms with Gasteiger partial charge in [0, 0.05) is 28.7 Å². The van der Waals surface area contributed by atoms with Gasteiger partial charge in [0.25, 0.3) is 0 Å². The van der Waals surface area contributed by atoms with Gasteiger partial charge in [-0.25, -0.2) is 4.98 Å². The van der Waals surface area contributed by atoms with Crippen LogP contribution in [0.5, 0.6) is 0 Å². The Labute approximate surface area is 228 Å². The van der Waals surface area contributed by atoms with Crippen LogP contribution < -0.4 is 5.46 Å². The molecule has 3 aromatic carbocycles. The Balaban J connectivity index is 1.28. The lowest BCUT2D eigenvalue weighted by atomic mass is 9.82. The van der Waals surface area contributed by atoms with E-state index in [2.05, 4.69) is 70.6 Å². The van der Waals surface area contributed by atoms with Crippen LogP contribution in [0.1, 0.15) is 27.7 Å². The molecule has 0 bridgehead atoms. The van der Waals surface area contributed by atoms with Crippen LogP contribution in [-0.4, -0.2) is 38.7 Å². The van der Waals surface area contributed by atoms with Gasteiger partial charge < -0.3 is 9.76 Å². The molecule has 0 atom stereocenters. The van der Waals surface area contributed by atoms with Crippen LogP contribution in [0.4, 0.5) is 0 Å². The van der Waals surface area contributed by atoms with E-state index in [9.17, 15) is 5.11 Å². The topological polar surface area (TPSA) is 68.1 Å². The Morgan fingerprint density at radius 2 is 1.44 bits per heavy atom. The standard InChI is InChI=1S/C33H30BN3O2/c1-32(2,38)33(3,4)39-34-25-14-16-29-23(19-25)13-15-28(37-29)22-11-9-21(10-12-22)27-20-24-7-5-17-35-30(24)31-26(27)8-6-18-36-31/h5-20,34,38H,1-4H3. The van der Waals surface area contributed by atoms with Crippen LogP contribution in [-0.2, 0) is 4.65 Å². The Morgan fingerprint density at radius 3 is 2.21 bits per heavy atom. The zero-order chi connectivity index (χ0) is 27.2. The molecule has 5 nitrogen and oxygen atoms in total. The van der Waals surface area contributed by atoms with Crippen molar-refractivity contribution in [3.63, 3.8) is 0 Å².